The highest BCUT2D eigenvalue weighted by molar-refractivity contribution is 5.82. The largest absolute Gasteiger partial charge is 0.341 e. The van der Waals surface area contributed by atoms with Crippen LogP contribution in [0.2, 0.25) is 0 Å². The Morgan fingerprint density at radius 3 is 2.65 bits per heavy atom. The van der Waals surface area contributed by atoms with Gasteiger partial charge in [-0.2, -0.15) is 0 Å². The van der Waals surface area contributed by atoms with E-state index in [-0.39, 0.29) is 6.04 Å². The highest BCUT2D eigenvalue weighted by atomic mass is 16.2. The predicted octanol–water partition coefficient (Wildman–Crippen LogP) is 1.78. The minimum absolute atomic E-state index is 0.123. The third-order valence-corrected chi connectivity index (χ3v) is 4.70. The third kappa shape index (κ3) is 2.49. The first-order valence-corrected chi connectivity index (χ1v) is 7.11. The molecule has 1 amide bonds. The molecule has 2 aliphatic carbocycles. The van der Waals surface area contributed by atoms with Crippen LogP contribution in [-0.2, 0) is 4.79 Å². The highest BCUT2D eigenvalue weighted by Crippen LogP contribution is 2.52. The van der Waals surface area contributed by atoms with Crippen LogP contribution in [0.1, 0.15) is 46.0 Å². The van der Waals surface area contributed by atoms with Crippen molar-refractivity contribution in [3.05, 3.63) is 0 Å². The molecule has 3 fully saturated rings. The standard InChI is InChI=1S/C14H24N2O/c1-14(2)8-10(14)9-16-7-3-4-12(13(16)17)15-11-5-6-11/h10-12,15H,3-9H2,1-2H3. The zero-order valence-corrected chi connectivity index (χ0v) is 11.0. The van der Waals surface area contributed by atoms with Crippen molar-refractivity contribution in [3.8, 4) is 0 Å². The maximum absolute atomic E-state index is 12.3. The second-order valence-electron chi connectivity index (χ2n) is 6.81. The smallest absolute Gasteiger partial charge is 0.239 e. The van der Waals surface area contributed by atoms with E-state index in [0.29, 0.717) is 17.4 Å². The molecule has 0 aromatic carbocycles. The molecule has 0 radical (unpaired) electrons. The maximum Gasteiger partial charge on any atom is 0.239 e. The molecular formula is C14H24N2O. The molecule has 1 heterocycles. The van der Waals surface area contributed by atoms with E-state index in [4.69, 9.17) is 0 Å². The molecule has 2 unspecified atom stereocenters. The lowest BCUT2D eigenvalue weighted by Gasteiger charge is -2.33. The van der Waals surface area contributed by atoms with Crippen molar-refractivity contribution in [1.82, 2.24) is 10.2 Å². The molecular weight excluding hydrogens is 212 g/mol. The number of carbonyl (C=O) groups excluding carboxylic acids is 1. The lowest BCUT2D eigenvalue weighted by Crippen LogP contribution is -2.51. The molecule has 0 aromatic heterocycles. The van der Waals surface area contributed by atoms with Gasteiger partial charge >= 0.3 is 0 Å². The molecule has 2 saturated carbocycles. The minimum Gasteiger partial charge on any atom is -0.341 e. The van der Waals surface area contributed by atoms with E-state index in [0.717, 1.165) is 25.4 Å². The number of carbonyl (C=O) groups is 1. The lowest BCUT2D eigenvalue weighted by atomic mass is 10.0. The van der Waals surface area contributed by atoms with E-state index in [1.807, 2.05) is 0 Å². The van der Waals surface area contributed by atoms with Crippen LogP contribution < -0.4 is 5.32 Å². The first-order valence-electron chi connectivity index (χ1n) is 7.11. The molecule has 2 atom stereocenters. The van der Waals surface area contributed by atoms with Gasteiger partial charge < -0.3 is 10.2 Å². The fraction of sp³-hybridized carbons (Fsp3) is 0.929. The number of likely N-dealkylation sites (tertiary alicyclic amines) is 1. The van der Waals surface area contributed by atoms with Crippen LogP contribution in [0, 0.1) is 11.3 Å². The number of rotatable bonds is 4. The first kappa shape index (κ1) is 11.5. The maximum atomic E-state index is 12.3. The zero-order chi connectivity index (χ0) is 12.0. The Kier molecular flexibility index (Phi) is 2.69. The Morgan fingerprint density at radius 1 is 1.35 bits per heavy atom. The Hall–Kier alpha value is -0.570. The summed E-state index contributed by atoms with van der Waals surface area (Å²) in [5.74, 6) is 1.11. The zero-order valence-electron chi connectivity index (χ0n) is 11.0. The van der Waals surface area contributed by atoms with Crippen molar-refractivity contribution in [2.45, 2.75) is 58.0 Å². The predicted molar refractivity (Wildman–Crippen MR) is 67.6 cm³/mol. The molecule has 96 valence electrons. The highest BCUT2D eigenvalue weighted by Gasteiger charge is 2.47. The Bertz CT molecular complexity index is 322. The summed E-state index contributed by atoms with van der Waals surface area (Å²) in [7, 11) is 0. The van der Waals surface area contributed by atoms with Crippen LogP contribution in [0.3, 0.4) is 0 Å². The third-order valence-electron chi connectivity index (χ3n) is 4.70. The lowest BCUT2D eigenvalue weighted by molar-refractivity contribution is -0.136. The molecule has 3 aliphatic rings. The van der Waals surface area contributed by atoms with Gasteiger partial charge in [0.15, 0.2) is 0 Å². The molecule has 17 heavy (non-hydrogen) atoms. The van der Waals surface area contributed by atoms with Gasteiger partial charge in [-0.1, -0.05) is 13.8 Å². The van der Waals surface area contributed by atoms with E-state index < -0.39 is 0 Å². The van der Waals surface area contributed by atoms with Crippen LogP contribution in [0.15, 0.2) is 0 Å². The summed E-state index contributed by atoms with van der Waals surface area (Å²) < 4.78 is 0. The second-order valence-corrected chi connectivity index (χ2v) is 6.81. The Labute approximate surface area is 104 Å². The Morgan fingerprint density at radius 2 is 2.06 bits per heavy atom. The quantitative estimate of drug-likeness (QED) is 0.807. The molecule has 0 spiro atoms. The number of nitrogens with one attached hydrogen (secondary N) is 1. The van der Waals surface area contributed by atoms with Crippen LogP contribution in [0.5, 0.6) is 0 Å². The summed E-state index contributed by atoms with van der Waals surface area (Å²) in [5, 5.41) is 3.50. The van der Waals surface area contributed by atoms with Crippen molar-refractivity contribution in [2.75, 3.05) is 13.1 Å². The molecule has 3 nitrogen and oxygen atoms in total. The van der Waals surface area contributed by atoms with Crippen molar-refractivity contribution in [2.24, 2.45) is 11.3 Å². The van der Waals surface area contributed by atoms with Gasteiger partial charge in [0.1, 0.15) is 0 Å². The summed E-state index contributed by atoms with van der Waals surface area (Å²) in [4.78, 5) is 14.4. The van der Waals surface area contributed by atoms with Crippen LogP contribution in [-0.4, -0.2) is 36.0 Å². The summed E-state index contributed by atoms with van der Waals surface area (Å²) >= 11 is 0. The van der Waals surface area contributed by atoms with E-state index in [2.05, 4.69) is 24.1 Å². The summed E-state index contributed by atoms with van der Waals surface area (Å²) in [6.45, 7) is 6.60. The number of nitrogens with zero attached hydrogens (tertiary/aromatic N) is 1. The summed E-state index contributed by atoms with van der Waals surface area (Å²) in [5.41, 5.74) is 0.483. The van der Waals surface area contributed by atoms with Gasteiger partial charge in [0.05, 0.1) is 6.04 Å². The van der Waals surface area contributed by atoms with E-state index in [1.165, 1.54) is 25.7 Å². The van der Waals surface area contributed by atoms with E-state index in [9.17, 15) is 4.79 Å². The van der Waals surface area contributed by atoms with E-state index >= 15 is 0 Å². The fourth-order valence-electron chi connectivity index (χ4n) is 2.96. The van der Waals surface area contributed by atoms with Gasteiger partial charge in [0.25, 0.3) is 0 Å². The van der Waals surface area contributed by atoms with Crippen molar-refractivity contribution < 1.29 is 4.79 Å². The number of amides is 1. The van der Waals surface area contributed by atoms with Gasteiger partial charge in [0.2, 0.25) is 5.91 Å². The topological polar surface area (TPSA) is 32.3 Å². The van der Waals surface area contributed by atoms with Crippen LogP contribution in [0.25, 0.3) is 0 Å². The van der Waals surface area contributed by atoms with Crippen LogP contribution >= 0.6 is 0 Å². The summed E-state index contributed by atoms with van der Waals surface area (Å²) in [6, 6.07) is 0.763. The first-order chi connectivity index (χ1) is 8.06. The average molecular weight is 236 g/mol. The van der Waals surface area contributed by atoms with Crippen molar-refractivity contribution >= 4 is 5.91 Å². The molecule has 1 saturated heterocycles. The van der Waals surface area contributed by atoms with Gasteiger partial charge in [-0.3, -0.25) is 4.79 Å². The Balaban J connectivity index is 1.55. The van der Waals surface area contributed by atoms with Gasteiger partial charge in [0, 0.05) is 19.1 Å². The van der Waals surface area contributed by atoms with Crippen molar-refractivity contribution in [3.63, 3.8) is 0 Å². The fourth-order valence-corrected chi connectivity index (χ4v) is 2.96. The SMILES string of the molecule is CC1(C)CC1CN1CCCC(NC2CC2)C1=O. The molecule has 0 bridgehead atoms. The number of piperidine rings is 1. The second kappa shape index (κ2) is 3.98. The molecule has 3 heteroatoms. The molecule has 1 N–H and O–H groups in total. The monoisotopic (exact) mass is 236 g/mol. The van der Waals surface area contributed by atoms with E-state index in [1.54, 1.807) is 0 Å². The minimum atomic E-state index is 0.123. The molecule has 3 rings (SSSR count). The average Bonchev–Trinajstić information content (AvgIpc) is 3.14. The number of hydrogen-bond donors (Lipinski definition) is 1. The number of hydrogen-bond acceptors (Lipinski definition) is 2. The summed E-state index contributed by atoms with van der Waals surface area (Å²) in [6.07, 6.45) is 6.03. The molecule has 1 aliphatic heterocycles. The molecule has 0 aromatic rings. The van der Waals surface area contributed by atoms with Gasteiger partial charge in [-0.25, -0.2) is 0 Å². The van der Waals surface area contributed by atoms with Gasteiger partial charge in [-0.05, 0) is 43.4 Å². The van der Waals surface area contributed by atoms with Crippen molar-refractivity contribution in [1.29, 1.82) is 0 Å². The van der Waals surface area contributed by atoms with Gasteiger partial charge in [-0.15, -0.1) is 0 Å². The normalized spacial score (nSPS) is 36.1. The van der Waals surface area contributed by atoms with Crippen LogP contribution in [0.4, 0.5) is 0 Å².